The number of nitrogens with zero attached hydrogens (tertiary/aromatic N) is 3. The molecule has 0 fully saturated rings. The molecule has 1 rings (SSSR count). The minimum atomic E-state index is -0.655. The number of aryl methyl sites for hydroxylation is 1. The van der Waals surface area contributed by atoms with Crippen LogP contribution < -0.4 is 10.6 Å². The summed E-state index contributed by atoms with van der Waals surface area (Å²) in [6, 6.07) is 1.28. The highest BCUT2D eigenvalue weighted by Gasteiger charge is 2.27. The van der Waals surface area contributed by atoms with Crippen molar-refractivity contribution in [2.45, 2.75) is 33.2 Å². The van der Waals surface area contributed by atoms with Gasteiger partial charge < -0.3 is 10.3 Å². The zero-order chi connectivity index (χ0) is 14.6. The number of hydrogen-bond donors (Lipinski definition) is 1. The molecule has 0 bridgehead atoms. The van der Waals surface area contributed by atoms with Crippen LogP contribution in [0.2, 0.25) is 0 Å². The van der Waals surface area contributed by atoms with Gasteiger partial charge in [0.05, 0.1) is 12.1 Å². The van der Waals surface area contributed by atoms with Crippen LogP contribution in [-0.2, 0) is 4.79 Å². The molecule has 0 saturated carbocycles. The van der Waals surface area contributed by atoms with E-state index in [1.807, 2.05) is 19.9 Å². The maximum Gasteiger partial charge on any atom is 0.246 e. The van der Waals surface area contributed by atoms with Crippen molar-refractivity contribution < 1.29 is 9.32 Å². The Morgan fingerprint density at radius 2 is 2.26 bits per heavy atom. The Balaban J connectivity index is 2.98. The van der Waals surface area contributed by atoms with Crippen molar-refractivity contribution in [3.05, 3.63) is 10.2 Å². The third kappa shape index (κ3) is 3.78. The van der Waals surface area contributed by atoms with Crippen LogP contribution in [0.5, 0.6) is 0 Å². The maximum atomic E-state index is 12.3. The van der Waals surface area contributed by atoms with E-state index in [1.165, 1.54) is 4.90 Å². The van der Waals surface area contributed by atoms with Crippen LogP contribution in [0.4, 0.5) is 5.82 Å². The number of nitrogens with two attached hydrogens (primary N) is 1. The molecule has 0 unspecified atom stereocenters. The smallest absolute Gasteiger partial charge is 0.246 e. The van der Waals surface area contributed by atoms with Crippen LogP contribution in [0.1, 0.15) is 26.0 Å². The van der Waals surface area contributed by atoms with Gasteiger partial charge in [0.1, 0.15) is 16.8 Å². The molecule has 0 spiro atoms. The van der Waals surface area contributed by atoms with Crippen molar-refractivity contribution in [2.75, 3.05) is 11.4 Å². The average Bonchev–Trinajstić information content (AvgIpc) is 2.65. The second kappa shape index (κ2) is 6.68. The van der Waals surface area contributed by atoms with Crippen molar-refractivity contribution in [2.24, 2.45) is 11.7 Å². The Kier molecular flexibility index (Phi) is 5.51. The van der Waals surface area contributed by atoms with Gasteiger partial charge in [-0.1, -0.05) is 19.0 Å². The molecule has 1 aromatic rings. The molecule has 0 aromatic carbocycles. The van der Waals surface area contributed by atoms with E-state index in [-0.39, 0.29) is 12.5 Å². The lowest BCUT2D eigenvalue weighted by atomic mass is 10.0. The molecular formula is C12H17BrN4O2. The molecule has 2 N–H and O–H groups in total. The average molecular weight is 329 g/mol. The van der Waals surface area contributed by atoms with Crippen LogP contribution in [0.25, 0.3) is 0 Å². The zero-order valence-corrected chi connectivity index (χ0v) is 12.8. The molecule has 6 nitrogen and oxygen atoms in total. The minimum Gasteiger partial charge on any atom is -0.358 e. The SMILES string of the molecule is Cc1onc(N(CC#N)C(=O)[C@@H](N)CC(C)C)c1Br. The molecule has 1 aromatic heterocycles. The van der Waals surface area contributed by atoms with Crippen LogP contribution in [-0.4, -0.2) is 23.7 Å². The lowest BCUT2D eigenvalue weighted by Gasteiger charge is -2.22. The van der Waals surface area contributed by atoms with Gasteiger partial charge in [0, 0.05) is 0 Å². The van der Waals surface area contributed by atoms with E-state index in [1.54, 1.807) is 6.92 Å². The van der Waals surface area contributed by atoms with E-state index < -0.39 is 6.04 Å². The van der Waals surface area contributed by atoms with Crippen LogP contribution >= 0.6 is 15.9 Å². The zero-order valence-electron chi connectivity index (χ0n) is 11.2. The van der Waals surface area contributed by atoms with Gasteiger partial charge >= 0.3 is 0 Å². The first-order valence-corrected chi connectivity index (χ1v) is 6.73. The number of carbonyl (C=O) groups is 1. The molecule has 0 aliphatic heterocycles. The van der Waals surface area contributed by atoms with Crippen molar-refractivity contribution in [1.29, 1.82) is 5.26 Å². The fourth-order valence-corrected chi connectivity index (χ4v) is 2.01. The fraction of sp³-hybridized carbons (Fsp3) is 0.583. The second-order valence-corrected chi connectivity index (χ2v) is 5.49. The summed E-state index contributed by atoms with van der Waals surface area (Å²) in [7, 11) is 0. The molecule has 19 heavy (non-hydrogen) atoms. The second-order valence-electron chi connectivity index (χ2n) is 4.69. The van der Waals surface area contributed by atoms with Crippen molar-refractivity contribution in [1.82, 2.24) is 5.16 Å². The Labute approximate surface area is 120 Å². The van der Waals surface area contributed by atoms with Gasteiger partial charge in [-0.05, 0) is 35.2 Å². The third-order valence-corrected chi connectivity index (χ3v) is 3.48. The van der Waals surface area contributed by atoms with E-state index in [0.29, 0.717) is 28.4 Å². The van der Waals surface area contributed by atoms with Crippen LogP contribution in [0, 0.1) is 24.2 Å². The van der Waals surface area contributed by atoms with Gasteiger partial charge in [-0.2, -0.15) is 5.26 Å². The number of hydrogen-bond acceptors (Lipinski definition) is 5. The molecule has 1 atom stereocenters. The van der Waals surface area contributed by atoms with Crippen molar-refractivity contribution in [3.63, 3.8) is 0 Å². The van der Waals surface area contributed by atoms with Gasteiger partial charge in [0.2, 0.25) is 5.91 Å². The fourth-order valence-electron chi connectivity index (χ4n) is 1.65. The number of amides is 1. The van der Waals surface area contributed by atoms with Crippen molar-refractivity contribution >= 4 is 27.7 Å². The Morgan fingerprint density at radius 1 is 1.63 bits per heavy atom. The standard InChI is InChI=1S/C12H17BrN4O2/c1-7(2)6-9(15)12(18)17(5-4-14)11-10(13)8(3)19-16-11/h7,9H,5-6,15H2,1-3H3/t9-/m0/s1. The molecular weight excluding hydrogens is 312 g/mol. The lowest BCUT2D eigenvalue weighted by Crippen LogP contribution is -2.45. The number of rotatable bonds is 5. The highest BCUT2D eigenvalue weighted by atomic mass is 79.9. The van der Waals surface area contributed by atoms with E-state index in [9.17, 15) is 4.79 Å². The minimum absolute atomic E-state index is 0.116. The summed E-state index contributed by atoms with van der Waals surface area (Å²) < 4.78 is 5.56. The molecule has 104 valence electrons. The normalized spacial score (nSPS) is 12.3. The van der Waals surface area contributed by atoms with Crippen LogP contribution in [0.15, 0.2) is 9.00 Å². The monoisotopic (exact) mass is 328 g/mol. The van der Waals surface area contributed by atoms with E-state index in [4.69, 9.17) is 15.5 Å². The number of aromatic nitrogens is 1. The number of halogens is 1. The number of anilines is 1. The molecule has 1 heterocycles. The summed E-state index contributed by atoms with van der Waals surface area (Å²) in [5, 5.41) is 12.6. The largest absolute Gasteiger partial charge is 0.358 e. The topological polar surface area (TPSA) is 96.1 Å². The third-order valence-electron chi connectivity index (χ3n) is 2.57. The summed E-state index contributed by atoms with van der Waals surface area (Å²) >= 11 is 3.29. The van der Waals surface area contributed by atoms with Gasteiger partial charge in [0.25, 0.3) is 0 Å². The summed E-state index contributed by atoms with van der Waals surface area (Å²) in [6.45, 7) is 5.56. The van der Waals surface area contributed by atoms with E-state index in [2.05, 4.69) is 21.1 Å². The number of carbonyl (C=O) groups excluding carboxylic acids is 1. The quantitative estimate of drug-likeness (QED) is 0.833. The van der Waals surface area contributed by atoms with Gasteiger partial charge in [-0.15, -0.1) is 0 Å². The highest BCUT2D eigenvalue weighted by Crippen LogP contribution is 2.28. The molecule has 0 aliphatic carbocycles. The Bertz CT molecular complexity index is 492. The predicted molar refractivity (Wildman–Crippen MR) is 74.3 cm³/mol. The van der Waals surface area contributed by atoms with Crippen LogP contribution in [0.3, 0.4) is 0 Å². The first-order chi connectivity index (χ1) is 8.88. The number of nitriles is 1. The Morgan fingerprint density at radius 3 is 2.68 bits per heavy atom. The summed E-state index contributed by atoms with van der Waals surface area (Å²) in [6.07, 6.45) is 0.551. The Hall–Kier alpha value is -1.39. The molecule has 0 saturated heterocycles. The molecule has 0 aliphatic rings. The van der Waals surface area contributed by atoms with Gasteiger partial charge in [0.15, 0.2) is 5.82 Å². The first-order valence-electron chi connectivity index (χ1n) is 5.94. The van der Waals surface area contributed by atoms with Crippen molar-refractivity contribution in [3.8, 4) is 6.07 Å². The molecule has 0 radical (unpaired) electrons. The maximum absolute atomic E-state index is 12.3. The first kappa shape index (κ1) is 15.7. The van der Waals surface area contributed by atoms with Gasteiger partial charge in [-0.25, -0.2) is 0 Å². The summed E-state index contributed by atoms with van der Waals surface area (Å²) in [5.74, 6) is 0.807. The van der Waals surface area contributed by atoms with E-state index in [0.717, 1.165) is 0 Å². The summed E-state index contributed by atoms with van der Waals surface area (Å²) in [5.41, 5.74) is 5.87. The predicted octanol–water partition coefficient (Wildman–Crippen LogP) is 1.98. The molecule has 7 heteroatoms. The van der Waals surface area contributed by atoms with Gasteiger partial charge in [-0.3, -0.25) is 9.69 Å². The lowest BCUT2D eigenvalue weighted by molar-refractivity contribution is -0.120. The summed E-state index contributed by atoms with van der Waals surface area (Å²) in [4.78, 5) is 13.5. The molecule has 1 amide bonds. The van der Waals surface area contributed by atoms with E-state index >= 15 is 0 Å². The highest BCUT2D eigenvalue weighted by molar-refractivity contribution is 9.10.